The third-order valence-corrected chi connectivity index (χ3v) is 5.23. The van der Waals surface area contributed by atoms with Crippen LogP contribution >= 0.6 is 0 Å². The van der Waals surface area contributed by atoms with E-state index in [2.05, 4.69) is 0 Å². The number of benzene rings is 2. The molecule has 2 aromatic rings. The number of aliphatic hydroxyl groups excluding tert-OH is 1. The van der Waals surface area contributed by atoms with Gasteiger partial charge in [-0.25, -0.2) is 8.42 Å². The third kappa shape index (κ3) is 3.89. The predicted octanol–water partition coefficient (Wildman–Crippen LogP) is 2.52. The van der Waals surface area contributed by atoms with Gasteiger partial charge in [-0.15, -0.1) is 0 Å². The second kappa shape index (κ2) is 7.27. The van der Waals surface area contributed by atoms with Crippen molar-refractivity contribution < 1.29 is 13.5 Å². The van der Waals surface area contributed by atoms with Crippen LogP contribution in [0.4, 0.5) is 5.69 Å². The van der Waals surface area contributed by atoms with E-state index in [0.717, 1.165) is 0 Å². The Bertz CT molecular complexity index is 798. The number of sulfonamides is 1. The van der Waals surface area contributed by atoms with Gasteiger partial charge in [0.1, 0.15) is 0 Å². The topological polar surface area (TPSA) is 81.4 Å². The van der Waals surface area contributed by atoms with E-state index in [-0.39, 0.29) is 17.0 Å². The monoisotopic (exact) mass is 330 g/mol. The summed E-state index contributed by atoms with van der Waals surface area (Å²) in [6.45, 7) is 1.75. The Labute approximate surface area is 136 Å². The lowest BCUT2D eigenvalue weighted by Gasteiger charge is -2.26. The first-order valence-electron chi connectivity index (χ1n) is 7.25. The summed E-state index contributed by atoms with van der Waals surface area (Å²) in [5.41, 5.74) is 0.748. The van der Waals surface area contributed by atoms with Crippen molar-refractivity contribution in [3.8, 4) is 6.07 Å². The van der Waals surface area contributed by atoms with Crippen LogP contribution in [0.5, 0.6) is 0 Å². The normalized spacial score (nSPS) is 12.4. The van der Waals surface area contributed by atoms with E-state index >= 15 is 0 Å². The molecule has 0 fully saturated rings. The summed E-state index contributed by atoms with van der Waals surface area (Å²) in [5.74, 6) is 0. The Kier molecular flexibility index (Phi) is 5.37. The minimum atomic E-state index is -3.87. The molecule has 1 atom stereocenters. The van der Waals surface area contributed by atoms with Crippen molar-refractivity contribution in [2.45, 2.75) is 24.3 Å². The summed E-state index contributed by atoms with van der Waals surface area (Å²) in [7, 11) is -3.87. The van der Waals surface area contributed by atoms with Crippen LogP contribution in [0.15, 0.2) is 59.5 Å². The molecule has 1 unspecified atom stereocenters. The molecule has 0 heterocycles. The van der Waals surface area contributed by atoms with E-state index in [1.165, 1.54) is 22.5 Å². The van der Waals surface area contributed by atoms with Gasteiger partial charge in [0.25, 0.3) is 10.0 Å². The van der Waals surface area contributed by atoms with E-state index in [4.69, 9.17) is 5.26 Å². The Hall–Kier alpha value is -2.36. The van der Waals surface area contributed by atoms with Gasteiger partial charge in [0.15, 0.2) is 0 Å². The van der Waals surface area contributed by atoms with Gasteiger partial charge in [-0.3, -0.25) is 4.31 Å². The summed E-state index contributed by atoms with van der Waals surface area (Å²) in [4.78, 5) is 0.0312. The van der Waals surface area contributed by atoms with Crippen molar-refractivity contribution in [1.82, 2.24) is 0 Å². The summed E-state index contributed by atoms with van der Waals surface area (Å²) >= 11 is 0. The van der Waals surface area contributed by atoms with Crippen molar-refractivity contribution in [2.75, 3.05) is 10.8 Å². The van der Waals surface area contributed by atoms with E-state index in [1.54, 1.807) is 43.3 Å². The molecule has 1 N–H and O–H groups in total. The molecule has 2 aromatic carbocycles. The largest absolute Gasteiger partial charge is 0.391 e. The summed E-state index contributed by atoms with van der Waals surface area (Å²) < 4.78 is 27.1. The first kappa shape index (κ1) is 17.0. The Balaban J connectivity index is 2.50. The SMILES string of the molecule is CCC(O)CN(c1ccccc1)S(=O)(=O)c1cccc(C#N)c1. The third-order valence-electron chi connectivity index (χ3n) is 3.44. The molecule has 0 aromatic heterocycles. The smallest absolute Gasteiger partial charge is 0.264 e. The summed E-state index contributed by atoms with van der Waals surface area (Å²) in [6.07, 6.45) is -0.332. The molecule has 23 heavy (non-hydrogen) atoms. The highest BCUT2D eigenvalue weighted by Gasteiger charge is 2.26. The minimum Gasteiger partial charge on any atom is -0.391 e. The highest BCUT2D eigenvalue weighted by molar-refractivity contribution is 7.92. The Morgan fingerprint density at radius 2 is 1.87 bits per heavy atom. The van der Waals surface area contributed by atoms with Gasteiger partial charge in [-0.2, -0.15) is 5.26 Å². The van der Waals surface area contributed by atoms with Crippen molar-refractivity contribution in [3.05, 3.63) is 60.2 Å². The highest BCUT2D eigenvalue weighted by atomic mass is 32.2. The average Bonchev–Trinajstić information content (AvgIpc) is 2.60. The molecule has 0 radical (unpaired) electrons. The molecular weight excluding hydrogens is 312 g/mol. The van der Waals surface area contributed by atoms with Crippen LogP contribution in [0.2, 0.25) is 0 Å². The van der Waals surface area contributed by atoms with Crippen LogP contribution in [0.1, 0.15) is 18.9 Å². The highest BCUT2D eigenvalue weighted by Crippen LogP contribution is 2.24. The molecule has 0 aliphatic rings. The zero-order valence-electron chi connectivity index (χ0n) is 12.8. The van der Waals surface area contributed by atoms with Crippen molar-refractivity contribution in [1.29, 1.82) is 5.26 Å². The predicted molar refractivity (Wildman–Crippen MR) is 88.4 cm³/mol. The van der Waals surface area contributed by atoms with Crippen molar-refractivity contribution in [2.24, 2.45) is 0 Å². The molecule has 0 saturated heterocycles. The maximum absolute atomic E-state index is 13.0. The molecule has 0 amide bonds. The molecule has 2 rings (SSSR count). The zero-order chi connectivity index (χ0) is 16.9. The van der Waals surface area contributed by atoms with Gasteiger partial charge in [0.2, 0.25) is 0 Å². The van der Waals surface area contributed by atoms with Gasteiger partial charge < -0.3 is 5.11 Å². The standard InChI is InChI=1S/C17H18N2O3S/c1-2-16(20)13-19(15-8-4-3-5-9-15)23(21,22)17-10-6-7-14(11-17)12-18/h3-11,16,20H,2,13H2,1H3. The van der Waals surface area contributed by atoms with Gasteiger partial charge in [0, 0.05) is 0 Å². The number of rotatable bonds is 6. The first-order valence-corrected chi connectivity index (χ1v) is 8.69. The fraction of sp³-hybridized carbons (Fsp3) is 0.235. The summed E-state index contributed by atoms with van der Waals surface area (Å²) in [6, 6.07) is 16.4. The number of anilines is 1. The van der Waals surface area contributed by atoms with Gasteiger partial charge in [-0.1, -0.05) is 31.2 Å². The van der Waals surface area contributed by atoms with Gasteiger partial charge in [0.05, 0.1) is 34.9 Å². The van der Waals surface area contributed by atoms with Crippen LogP contribution < -0.4 is 4.31 Å². The summed E-state index contributed by atoms with van der Waals surface area (Å²) in [5, 5.41) is 18.9. The lowest BCUT2D eigenvalue weighted by Crippen LogP contribution is -2.37. The number of hydrogen-bond donors (Lipinski definition) is 1. The van der Waals surface area contributed by atoms with Crippen LogP contribution in [-0.2, 0) is 10.0 Å². The fourth-order valence-corrected chi connectivity index (χ4v) is 3.66. The van der Waals surface area contributed by atoms with Crippen LogP contribution in [-0.4, -0.2) is 26.2 Å². The van der Waals surface area contributed by atoms with Crippen LogP contribution in [0.25, 0.3) is 0 Å². The van der Waals surface area contributed by atoms with Crippen molar-refractivity contribution in [3.63, 3.8) is 0 Å². The zero-order valence-corrected chi connectivity index (χ0v) is 13.6. The lowest BCUT2D eigenvalue weighted by atomic mass is 10.2. The van der Waals surface area contributed by atoms with Crippen molar-refractivity contribution >= 4 is 15.7 Å². The van der Waals surface area contributed by atoms with E-state index in [9.17, 15) is 13.5 Å². The number of aliphatic hydroxyl groups is 1. The first-order chi connectivity index (χ1) is 11.0. The van der Waals surface area contributed by atoms with E-state index in [1.807, 2.05) is 6.07 Å². The number of nitrogens with zero attached hydrogens (tertiary/aromatic N) is 2. The molecule has 0 bridgehead atoms. The number of nitriles is 1. The fourth-order valence-electron chi connectivity index (χ4n) is 2.11. The van der Waals surface area contributed by atoms with Crippen LogP contribution in [0.3, 0.4) is 0 Å². The molecule has 0 aliphatic carbocycles. The van der Waals surface area contributed by atoms with Gasteiger partial charge in [-0.05, 0) is 36.8 Å². The second-order valence-corrected chi connectivity index (χ2v) is 6.94. The number of hydrogen-bond acceptors (Lipinski definition) is 4. The molecular formula is C17H18N2O3S. The molecule has 6 heteroatoms. The molecule has 5 nitrogen and oxygen atoms in total. The maximum atomic E-state index is 13.0. The minimum absolute atomic E-state index is 0.0312. The Morgan fingerprint density at radius 1 is 1.17 bits per heavy atom. The Morgan fingerprint density at radius 3 is 2.48 bits per heavy atom. The maximum Gasteiger partial charge on any atom is 0.264 e. The van der Waals surface area contributed by atoms with Gasteiger partial charge >= 0.3 is 0 Å². The van der Waals surface area contributed by atoms with E-state index < -0.39 is 16.1 Å². The quantitative estimate of drug-likeness (QED) is 0.882. The molecule has 0 aliphatic heterocycles. The number of para-hydroxylation sites is 1. The second-order valence-electron chi connectivity index (χ2n) is 5.07. The van der Waals surface area contributed by atoms with Crippen LogP contribution in [0, 0.1) is 11.3 Å². The molecule has 120 valence electrons. The lowest BCUT2D eigenvalue weighted by molar-refractivity contribution is 0.179. The van der Waals surface area contributed by atoms with E-state index in [0.29, 0.717) is 12.1 Å². The molecule has 0 saturated carbocycles. The molecule has 0 spiro atoms. The average molecular weight is 330 g/mol.